The molecule has 0 aliphatic carbocycles. The van der Waals surface area contributed by atoms with E-state index in [0.29, 0.717) is 0 Å². The summed E-state index contributed by atoms with van der Waals surface area (Å²) >= 11 is 0. The van der Waals surface area contributed by atoms with Crippen LogP contribution in [0, 0.1) is 10.1 Å². The fourth-order valence-electron chi connectivity index (χ4n) is 1.52. The summed E-state index contributed by atoms with van der Waals surface area (Å²) in [5, 5.41) is 13.1. The Kier molecular flexibility index (Phi) is 5.24. The van der Waals surface area contributed by atoms with Crippen LogP contribution in [0.4, 0.5) is 5.69 Å². The molecular formula is C10H16N2O6P2. The van der Waals surface area contributed by atoms with Crippen LogP contribution in [0.25, 0.3) is 0 Å². The number of non-ortho nitro benzene ring substituents is 1. The Morgan fingerprint density at radius 2 is 1.75 bits per heavy atom. The average molecular weight is 322 g/mol. The Bertz CT molecular complexity index is 576. The van der Waals surface area contributed by atoms with Crippen molar-refractivity contribution in [3.05, 3.63) is 39.9 Å². The van der Waals surface area contributed by atoms with E-state index in [9.17, 15) is 29.0 Å². The van der Waals surface area contributed by atoms with E-state index in [2.05, 4.69) is 5.32 Å². The fourth-order valence-corrected chi connectivity index (χ4v) is 3.17. The summed E-state index contributed by atoms with van der Waals surface area (Å²) < 4.78 is 23.1. The Hall–Kier alpha value is -1.04. The van der Waals surface area contributed by atoms with Gasteiger partial charge < -0.3 is 14.4 Å². The van der Waals surface area contributed by atoms with Gasteiger partial charge in [0.15, 0.2) is 0 Å². The van der Waals surface area contributed by atoms with Gasteiger partial charge in [-0.25, -0.2) is 0 Å². The Labute approximate surface area is 115 Å². The summed E-state index contributed by atoms with van der Waals surface area (Å²) in [5.74, 6) is -1.34. The van der Waals surface area contributed by atoms with E-state index in [4.69, 9.17) is 0 Å². The highest BCUT2D eigenvalue weighted by Gasteiger charge is 2.31. The van der Waals surface area contributed by atoms with Gasteiger partial charge in [0.05, 0.1) is 12.1 Å². The summed E-state index contributed by atoms with van der Waals surface area (Å²) in [6.45, 7) is 2.99. The molecule has 1 aromatic carbocycles. The van der Waals surface area contributed by atoms with E-state index in [1.54, 1.807) is 0 Å². The fraction of sp³-hybridized carbons (Fsp3) is 0.400. The molecule has 0 aliphatic rings. The molecule has 0 aromatic heterocycles. The molecule has 1 atom stereocenters. The van der Waals surface area contributed by atoms with Crippen molar-refractivity contribution in [2.45, 2.75) is 5.78 Å². The second-order valence-corrected chi connectivity index (χ2v) is 9.94. The molecule has 0 heterocycles. The van der Waals surface area contributed by atoms with Gasteiger partial charge in [-0.2, -0.15) is 0 Å². The molecule has 0 saturated carbocycles. The van der Waals surface area contributed by atoms with Crippen molar-refractivity contribution in [3.8, 4) is 0 Å². The lowest BCUT2D eigenvalue weighted by molar-refractivity contribution is -0.384. The Morgan fingerprint density at radius 3 is 2.10 bits per heavy atom. The zero-order valence-electron chi connectivity index (χ0n) is 11.0. The highest BCUT2D eigenvalue weighted by molar-refractivity contribution is 7.62. The molecule has 1 aromatic rings. The van der Waals surface area contributed by atoms with Crippen LogP contribution in [-0.4, -0.2) is 34.3 Å². The van der Waals surface area contributed by atoms with E-state index in [1.165, 1.54) is 25.5 Å². The van der Waals surface area contributed by atoms with Crippen LogP contribution >= 0.6 is 14.7 Å². The van der Waals surface area contributed by atoms with Crippen molar-refractivity contribution >= 4 is 20.4 Å². The minimum Gasteiger partial charge on any atom is -0.323 e. The quantitative estimate of drug-likeness (QED) is 0.414. The van der Waals surface area contributed by atoms with Crippen molar-refractivity contribution in [3.63, 3.8) is 0 Å². The molecule has 1 rings (SSSR count). The van der Waals surface area contributed by atoms with Gasteiger partial charge in [0.1, 0.15) is 5.78 Å². The standard InChI is InChI=1S/C10H16N2O6P2/c1-19(2,15)7-11-10(20(16,17)18)8-3-5-9(6-4-8)12(13)14/h3-6,10-11H,7H2,1-2H3,(H2,16,17,18). The molecule has 10 heteroatoms. The summed E-state index contributed by atoms with van der Waals surface area (Å²) in [6, 6.07) is 4.87. The second kappa shape index (κ2) is 6.16. The highest BCUT2D eigenvalue weighted by Crippen LogP contribution is 2.51. The third kappa shape index (κ3) is 5.15. The maximum Gasteiger partial charge on any atom is 0.346 e. The molecule has 0 amide bonds. The second-order valence-electron chi connectivity index (χ2n) is 4.78. The number of nitro groups is 1. The molecule has 0 fully saturated rings. The van der Waals surface area contributed by atoms with Gasteiger partial charge in [-0.15, -0.1) is 0 Å². The number of hydrogen-bond acceptors (Lipinski definition) is 5. The largest absolute Gasteiger partial charge is 0.346 e. The molecular weight excluding hydrogens is 306 g/mol. The molecule has 0 radical (unpaired) electrons. The smallest absolute Gasteiger partial charge is 0.323 e. The summed E-state index contributed by atoms with van der Waals surface area (Å²) in [4.78, 5) is 28.6. The maximum absolute atomic E-state index is 11.6. The lowest BCUT2D eigenvalue weighted by Gasteiger charge is -2.21. The average Bonchev–Trinajstić information content (AvgIpc) is 2.26. The van der Waals surface area contributed by atoms with E-state index < -0.39 is 25.4 Å². The monoisotopic (exact) mass is 322 g/mol. The van der Waals surface area contributed by atoms with E-state index >= 15 is 0 Å². The van der Waals surface area contributed by atoms with Gasteiger partial charge in [-0.05, 0) is 31.0 Å². The van der Waals surface area contributed by atoms with Crippen LogP contribution in [0.5, 0.6) is 0 Å². The Balaban J connectivity index is 3.03. The normalized spacial score (nSPS) is 14.0. The van der Waals surface area contributed by atoms with Crippen LogP contribution in [0.3, 0.4) is 0 Å². The number of nitro benzene ring substituents is 1. The third-order valence-electron chi connectivity index (χ3n) is 2.42. The number of rotatable bonds is 6. The topological polar surface area (TPSA) is 130 Å². The van der Waals surface area contributed by atoms with Crippen LogP contribution in [0.2, 0.25) is 0 Å². The number of benzene rings is 1. The first-order chi connectivity index (χ1) is 9.00. The van der Waals surface area contributed by atoms with Crippen LogP contribution < -0.4 is 5.32 Å². The van der Waals surface area contributed by atoms with Crippen molar-refractivity contribution < 1.29 is 23.8 Å². The predicted octanol–water partition coefficient (Wildman–Crippen LogP) is 1.94. The van der Waals surface area contributed by atoms with Crippen LogP contribution in [0.15, 0.2) is 24.3 Å². The van der Waals surface area contributed by atoms with Crippen molar-refractivity contribution in [1.82, 2.24) is 5.32 Å². The molecule has 1 unspecified atom stereocenters. The minimum atomic E-state index is -4.52. The molecule has 3 N–H and O–H groups in total. The van der Waals surface area contributed by atoms with E-state index in [1.807, 2.05) is 0 Å². The van der Waals surface area contributed by atoms with Crippen molar-refractivity contribution in [1.29, 1.82) is 0 Å². The van der Waals surface area contributed by atoms with Gasteiger partial charge in [0.2, 0.25) is 0 Å². The number of nitrogens with zero attached hydrogens (tertiary/aromatic N) is 1. The first-order valence-electron chi connectivity index (χ1n) is 5.58. The highest BCUT2D eigenvalue weighted by atomic mass is 31.2. The van der Waals surface area contributed by atoms with Crippen molar-refractivity contribution in [2.24, 2.45) is 0 Å². The number of nitrogens with one attached hydrogen (secondary N) is 1. The first-order valence-corrected chi connectivity index (χ1v) is 10.0. The molecule has 0 saturated heterocycles. The lowest BCUT2D eigenvalue weighted by atomic mass is 10.2. The van der Waals surface area contributed by atoms with E-state index in [-0.39, 0.29) is 17.5 Å². The van der Waals surface area contributed by atoms with Gasteiger partial charge in [-0.1, -0.05) is 0 Å². The van der Waals surface area contributed by atoms with Gasteiger partial charge in [0, 0.05) is 18.4 Å². The summed E-state index contributed by atoms with van der Waals surface area (Å²) in [6.07, 6.45) is -0.0419. The first kappa shape index (κ1) is 17.0. The maximum atomic E-state index is 11.6. The van der Waals surface area contributed by atoms with Crippen LogP contribution in [0.1, 0.15) is 11.3 Å². The lowest BCUT2D eigenvalue weighted by Crippen LogP contribution is -2.22. The molecule has 0 bridgehead atoms. The molecule has 8 nitrogen and oxygen atoms in total. The van der Waals surface area contributed by atoms with Gasteiger partial charge in [-0.3, -0.25) is 20.0 Å². The van der Waals surface area contributed by atoms with Gasteiger partial charge >= 0.3 is 7.60 Å². The molecule has 20 heavy (non-hydrogen) atoms. The summed E-state index contributed by atoms with van der Waals surface area (Å²) in [7, 11) is -7.02. The van der Waals surface area contributed by atoms with Crippen LogP contribution in [-0.2, 0) is 9.13 Å². The SMILES string of the molecule is CP(C)(=O)CNC(c1ccc([N+](=O)[O-])cc1)P(=O)(O)O. The number of hydrogen-bond donors (Lipinski definition) is 3. The molecule has 112 valence electrons. The Morgan fingerprint density at radius 1 is 1.25 bits per heavy atom. The summed E-state index contributed by atoms with van der Waals surface area (Å²) in [5.41, 5.74) is 0.0345. The van der Waals surface area contributed by atoms with Gasteiger partial charge in [0.25, 0.3) is 5.69 Å². The van der Waals surface area contributed by atoms with Crippen molar-refractivity contribution in [2.75, 3.05) is 19.6 Å². The minimum absolute atomic E-state index is 0.0419. The third-order valence-corrected chi connectivity index (χ3v) is 4.52. The molecule has 0 spiro atoms. The van der Waals surface area contributed by atoms with E-state index in [0.717, 1.165) is 12.1 Å². The predicted molar refractivity (Wildman–Crippen MR) is 75.3 cm³/mol. The zero-order valence-corrected chi connectivity index (χ0v) is 12.8. The molecule has 0 aliphatic heterocycles. The zero-order chi connectivity index (χ0) is 15.6.